The van der Waals surface area contributed by atoms with Gasteiger partial charge in [0.2, 0.25) is 0 Å². The largest absolute Gasteiger partial charge is 0.493 e. The molecule has 168 valence electrons. The summed E-state index contributed by atoms with van der Waals surface area (Å²) in [7, 11) is 3.14. The number of imide groups is 1. The van der Waals surface area contributed by atoms with Crippen molar-refractivity contribution in [2.75, 3.05) is 52.0 Å². The van der Waals surface area contributed by atoms with E-state index in [2.05, 4.69) is 41.0 Å². The standard InChI is InChI=1S/C24H27N3O4S/c1-17-4-7-19(8-5-17)26-12-10-25(11-13-26)16-27-23(28)22(32-24(27)29)15-18-6-9-20(30-2)21(14-18)31-3/h4-9,14-15H,10-13,16H2,1-3H3. The number of piperazine rings is 1. The number of hydrogen-bond donors (Lipinski definition) is 0. The first-order valence-corrected chi connectivity index (χ1v) is 11.3. The zero-order valence-corrected chi connectivity index (χ0v) is 19.4. The number of nitrogens with zero attached hydrogens (tertiary/aromatic N) is 3. The Balaban J connectivity index is 1.38. The summed E-state index contributed by atoms with van der Waals surface area (Å²) in [4.78, 5) is 31.7. The van der Waals surface area contributed by atoms with E-state index in [1.54, 1.807) is 32.4 Å². The fourth-order valence-electron chi connectivity index (χ4n) is 3.82. The minimum atomic E-state index is -0.254. The Morgan fingerprint density at radius 2 is 1.62 bits per heavy atom. The summed E-state index contributed by atoms with van der Waals surface area (Å²) in [5.74, 6) is 0.935. The highest BCUT2D eigenvalue weighted by molar-refractivity contribution is 8.18. The topological polar surface area (TPSA) is 62.3 Å². The molecule has 4 rings (SSSR count). The van der Waals surface area contributed by atoms with Gasteiger partial charge in [-0.3, -0.25) is 19.4 Å². The van der Waals surface area contributed by atoms with E-state index in [1.807, 2.05) is 6.07 Å². The van der Waals surface area contributed by atoms with Gasteiger partial charge in [-0.25, -0.2) is 0 Å². The maximum Gasteiger partial charge on any atom is 0.294 e. The highest BCUT2D eigenvalue weighted by Crippen LogP contribution is 2.34. The number of carbonyl (C=O) groups is 2. The average molecular weight is 454 g/mol. The van der Waals surface area contributed by atoms with Gasteiger partial charge in [0.15, 0.2) is 11.5 Å². The summed E-state index contributed by atoms with van der Waals surface area (Å²) < 4.78 is 10.6. The number of carbonyl (C=O) groups excluding carboxylic acids is 2. The van der Waals surface area contributed by atoms with Crippen molar-refractivity contribution in [3.05, 3.63) is 58.5 Å². The predicted octanol–water partition coefficient (Wildman–Crippen LogP) is 3.83. The van der Waals surface area contributed by atoms with Crippen molar-refractivity contribution in [2.24, 2.45) is 0 Å². The lowest BCUT2D eigenvalue weighted by atomic mass is 10.2. The Hall–Kier alpha value is -2.97. The number of amides is 2. The van der Waals surface area contributed by atoms with Crippen LogP contribution in [0.15, 0.2) is 47.4 Å². The van der Waals surface area contributed by atoms with Crippen LogP contribution in [-0.2, 0) is 4.79 Å². The highest BCUT2D eigenvalue weighted by Gasteiger charge is 2.36. The first-order valence-electron chi connectivity index (χ1n) is 10.5. The molecule has 2 aromatic carbocycles. The third kappa shape index (κ3) is 4.76. The van der Waals surface area contributed by atoms with E-state index in [9.17, 15) is 9.59 Å². The fraction of sp³-hybridized carbons (Fsp3) is 0.333. The molecule has 2 aromatic rings. The normalized spacial score (nSPS) is 18.5. The van der Waals surface area contributed by atoms with Crippen LogP contribution in [0.1, 0.15) is 11.1 Å². The Kier molecular flexibility index (Phi) is 6.72. The number of hydrogen-bond acceptors (Lipinski definition) is 7. The molecule has 7 nitrogen and oxygen atoms in total. The summed E-state index contributed by atoms with van der Waals surface area (Å²) in [5.41, 5.74) is 3.23. The number of methoxy groups -OCH3 is 2. The summed E-state index contributed by atoms with van der Waals surface area (Å²) in [5, 5.41) is -0.234. The van der Waals surface area contributed by atoms with Gasteiger partial charge in [-0.15, -0.1) is 0 Å². The molecule has 32 heavy (non-hydrogen) atoms. The number of thioether (sulfide) groups is 1. The van der Waals surface area contributed by atoms with Gasteiger partial charge in [0, 0.05) is 31.9 Å². The van der Waals surface area contributed by atoms with Gasteiger partial charge < -0.3 is 14.4 Å². The molecule has 2 saturated heterocycles. The number of rotatable bonds is 6. The van der Waals surface area contributed by atoms with E-state index in [-0.39, 0.29) is 11.1 Å². The van der Waals surface area contributed by atoms with Crippen LogP contribution in [0.4, 0.5) is 10.5 Å². The maximum absolute atomic E-state index is 12.9. The molecule has 2 aliphatic heterocycles. The molecule has 0 unspecified atom stereocenters. The first-order chi connectivity index (χ1) is 15.5. The van der Waals surface area contributed by atoms with Crippen molar-refractivity contribution in [2.45, 2.75) is 6.92 Å². The molecule has 0 N–H and O–H groups in total. The van der Waals surface area contributed by atoms with Crippen molar-refractivity contribution < 1.29 is 19.1 Å². The lowest BCUT2D eigenvalue weighted by Gasteiger charge is -2.37. The van der Waals surface area contributed by atoms with Crippen molar-refractivity contribution in [1.82, 2.24) is 9.80 Å². The van der Waals surface area contributed by atoms with E-state index in [1.165, 1.54) is 16.2 Å². The summed E-state index contributed by atoms with van der Waals surface area (Å²) >= 11 is 0.977. The molecule has 2 aliphatic rings. The molecule has 0 saturated carbocycles. The first kappa shape index (κ1) is 22.2. The Morgan fingerprint density at radius 1 is 0.938 bits per heavy atom. The monoisotopic (exact) mass is 453 g/mol. The molecule has 0 bridgehead atoms. The van der Waals surface area contributed by atoms with E-state index < -0.39 is 0 Å². The van der Waals surface area contributed by atoms with E-state index in [0.29, 0.717) is 23.1 Å². The minimum absolute atomic E-state index is 0.234. The molecular weight excluding hydrogens is 426 g/mol. The predicted molar refractivity (Wildman–Crippen MR) is 127 cm³/mol. The Morgan fingerprint density at radius 3 is 2.28 bits per heavy atom. The lowest BCUT2D eigenvalue weighted by molar-refractivity contribution is -0.124. The summed E-state index contributed by atoms with van der Waals surface area (Å²) in [6.07, 6.45) is 1.72. The molecule has 0 radical (unpaired) electrons. The quantitative estimate of drug-likeness (QED) is 0.616. The van der Waals surface area contributed by atoms with Gasteiger partial charge in [0.05, 0.1) is 25.8 Å². The Bertz CT molecular complexity index is 1030. The summed E-state index contributed by atoms with van der Waals surface area (Å²) in [6, 6.07) is 13.9. The van der Waals surface area contributed by atoms with Gasteiger partial charge in [-0.1, -0.05) is 23.8 Å². The second kappa shape index (κ2) is 9.67. The molecule has 0 aromatic heterocycles. The van der Waals surface area contributed by atoms with Gasteiger partial charge >= 0.3 is 0 Å². The van der Waals surface area contributed by atoms with Gasteiger partial charge in [0.1, 0.15) is 0 Å². The third-order valence-electron chi connectivity index (χ3n) is 5.69. The van der Waals surface area contributed by atoms with Crippen LogP contribution in [-0.4, -0.2) is 68.0 Å². The molecule has 2 fully saturated rings. The van der Waals surface area contributed by atoms with Gasteiger partial charge in [-0.2, -0.15) is 0 Å². The van der Waals surface area contributed by atoms with Crippen LogP contribution >= 0.6 is 11.8 Å². The molecular formula is C24H27N3O4S. The second-order valence-corrected chi connectivity index (χ2v) is 8.80. The van der Waals surface area contributed by atoms with Crippen molar-refractivity contribution in [1.29, 1.82) is 0 Å². The van der Waals surface area contributed by atoms with Crippen LogP contribution in [0.5, 0.6) is 11.5 Å². The highest BCUT2D eigenvalue weighted by atomic mass is 32.2. The third-order valence-corrected chi connectivity index (χ3v) is 6.60. The average Bonchev–Trinajstić information content (AvgIpc) is 3.07. The zero-order chi connectivity index (χ0) is 22.7. The minimum Gasteiger partial charge on any atom is -0.493 e. The molecule has 8 heteroatoms. The van der Waals surface area contributed by atoms with E-state index in [4.69, 9.17) is 9.47 Å². The number of ether oxygens (including phenoxy) is 2. The molecule has 2 heterocycles. The Labute approximate surface area is 192 Å². The molecule has 0 aliphatic carbocycles. The van der Waals surface area contributed by atoms with Crippen molar-refractivity contribution in [3.8, 4) is 11.5 Å². The number of benzene rings is 2. The fourth-order valence-corrected chi connectivity index (χ4v) is 4.65. The van der Waals surface area contributed by atoms with Gasteiger partial charge in [0.25, 0.3) is 11.1 Å². The van der Waals surface area contributed by atoms with Crippen molar-refractivity contribution in [3.63, 3.8) is 0 Å². The zero-order valence-electron chi connectivity index (χ0n) is 18.5. The molecule has 0 atom stereocenters. The lowest BCUT2D eigenvalue weighted by Crippen LogP contribution is -2.50. The maximum atomic E-state index is 12.9. The van der Waals surface area contributed by atoms with Crippen molar-refractivity contribution >= 4 is 34.7 Å². The molecule has 0 spiro atoms. The van der Waals surface area contributed by atoms with Crippen LogP contribution < -0.4 is 14.4 Å². The van der Waals surface area contributed by atoms with E-state index >= 15 is 0 Å². The second-order valence-electron chi connectivity index (χ2n) is 7.81. The van der Waals surface area contributed by atoms with Crippen LogP contribution in [0.2, 0.25) is 0 Å². The van der Waals surface area contributed by atoms with Gasteiger partial charge in [-0.05, 0) is 54.6 Å². The SMILES string of the molecule is COc1ccc(C=C2SC(=O)N(CN3CCN(c4ccc(C)cc4)CC3)C2=O)cc1OC. The van der Waals surface area contributed by atoms with Crippen LogP contribution in [0.25, 0.3) is 6.08 Å². The smallest absolute Gasteiger partial charge is 0.294 e. The van der Waals surface area contributed by atoms with Crippen LogP contribution in [0, 0.1) is 6.92 Å². The summed E-state index contributed by atoms with van der Waals surface area (Å²) in [6.45, 7) is 5.71. The van der Waals surface area contributed by atoms with E-state index in [0.717, 1.165) is 43.5 Å². The molecule has 2 amide bonds. The number of aryl methyl sites for hydroxylation is 1. The number of anilines is 1. The van der Waals surface area contributed by atoms with Crippen LogP contribution in [0.3, 0.4) is 0 Å².